The van der Waals surface area contributed by atoms with E-state index in [0.717, 1.165) is 0 Å². The van der Waals surface area contributed by atoms with Gasteiger partial charge in [-0.1, -0.05) is 48.5 Å². The van der Waals surface area contributed by atoms with Crippen molar-refractivity contribution in [3.8, 4) is 11.1 Å². The molecular weight excluding hydrogens is 574 g/mol. The van der Waals surface area contributed by atoms with E-state index < -0.39 is 12.1 Å². The minimum absolute atomic E-state index is 0.0472. The number of hydrogen-bond donors (Lipinski definition) is 2. The summed E-state index contributed by atoms with van der Waals surface area (Å²) in [7, 11) is 0. The van der Waals surface area contributed by atoms with Crippen LogP contribution in [0.1, 0.15) is 23.5 Å². The van der Waals surface area contributed by atoms with Gasteiger partial charge in [0.1, 0.15) is 13.2 Å². The third kappa shape index (κ3) is 14.1. The number of amides is 1. The van der Waals surface area contributed by atoms with Crippen molar-refractivity contribution in [1.82, 2.24) is 5.32 Å². The Labute approximate surface area is 258 Å². The SMILES string of the molecule is O=C(O)COCCOCCOCCOCCOCCOCCOCCCNC(=O)OCC1c2ccccc2-c2ccccc21. The molecule has 1 aliphatic rings. The quantitative estimate of drug-likeness (QED) is 0.150. The Bertz CT molecular complexity index is 1040. The number of carboxylic acids is 1. The number of ether oxygens (including phenoxy) is 8. The van der Waals surface area contributed by atoms with Gasteiger partial charge in [-0.05, 0) is 28.7 Å². The molecule has 44 heavy (non-hydrogen) atoms. The molecule has 2 aromatic carbocycles. The van der Waals surface area contributed by atoms with Crippen molar-refractivity contribution < 1.29 is 52.6 Å². The van der Waals surface area contributed by atoms with Crippen LogP contribution < -0.4 is 5.32 Å². The molecule has 0 radical (unpaired) electrons. The highest BCUT2D eigenvalue weighted by molar-refractivity contribution is 5.79. The van der Waals surface area contributed by atoms with Crippen LogP contribution in [-0.4, -0.2) is 123 Å². The number of hydrogen-bond acceptors (Lipinski definition) is 10. The second kappa shape index (κ2) is 22.4. The van der Waals surface area contributed by atoms with Gasteiger partial charge in [0.15, 0.2) is 0 Å². The third-order valence-corrected chi connectivity index (χ3v) is 6.54. The first kappa shape index (κ1) is 35.4. The van der Waals surface area contributed by atoms with E-state index in [0.29, 0.717) is 98.9 Å². The van der Waals surface area contributed by atoms with Gasteiger partial charge in [-0.3, -0.25) is 0 Å². The largest absolute Gasteiger partial charge is 0.480 e. The topological polar surface area (TPSA) is 140 Å². The Balaban J connectivity index is 1.03. The lowest BCUT2D eigenvalue weighted by molar-refractivity contribution is -0.142. The van der Waals surface area contributed by atoms with Crippen molar-refractivity contribution in [2.75, 3.05) is 106 Å². The van der Waals surface area contributed by atoms with E-state index >= 15 is 0 Å². The third-order valence-electron chi connectivity index (χ3n) is 6.54. The average Bonchev–Trinajstić information content (AvgIpc) is 3.35. The lowest BCUT2D eigenvalue weighted by Crippen LogP contribution is -2.27. The molecule has 0 saturated carbocycles. The Morgan fingerprint density at radius 2 is 1.00 bits per heavy atom. The fourth-order valence-electron chi connectivity index (χ4n) is 4.49. The predicted molar refractivity (Wildman–Crippen MR) is 161 cm³/mol. The van der Waals surface area contributed by atoms with Gasteiger partial charge in [-0.15, -0.1) is 0 Å². The zero-order valence-corrected chi connectivity index (χ0v) is 25.2. The van der Waals surface area contributed by atoms with Crippen molar-refractivity contribution >= 4 is 12.1 Å². The summed E-state index contributed by atoms with van der Waals surface area (Å²) in [6, 6.07) is 16.5. The number of carbonyl (C=O) groups is 2. The van der Waals surface area contributed by atoms with Crippen molar-refractivity contribution in [1.29, 1.82) is 0 Å². The van der Waals surface area contributed by atoms with Crippen LogP contribution in [0.3, 0.4) is 0 Å². The second-order valence-corrected chi connectivity index (χ2v) is 9.73. The van der Waals surface area contributed by atoms with Gasteiger partial charge in [0.25, 0.3) is 0 Å². The lowest BCUT2D eigenvalue weighted by atomic mass is 9.98. The Morgan fingerprint density at radius 1 is 0.591 bits per heavy atom. The summed E-state index contributed by atoms with van der Waals surface area (Å²) < 4.78 is 42.9. The van der Waals surface area contributed by atoms with Crippen molar-refractivity contribution in [3.63, 3.8) is 0 Å². The highest BCUT2D eigenvalue weighted by atomic mass is 16.6. The zero-order chi connectivity index (χ0) is 31.1. The zero-order valence-electron chi connectivity index (χ0n) is 25.2. The molecule has 2 aromatic rings. The molecule has 244 valence electrons. The summed E-state index contributed by atoms with van der Waals surface area (Å²) in [6.45, 7) is 6.09. The molecule has 0 fully saturated rings. The van der Waals surface area contributed by atoms with Gasteiger partial charge >= 0.3 is 12.1 Å². The van der Waals surface area contributed by atoms with E-state index in [-0.39, 0.29) is 19.1 Å². The molecule has 12 heteroatoms. The van der Waals surface area contributed by atoms with Crippen LogP contribution in [0.25, 0.3) is 11.1 Å². The smallest absolute Gasteiger partial charge is 0.407 e. The van der Waals surface area contributed by atoms with Crippen molar-refractivity contribution in [2.45, 2.75) is 12.3 Å². The van der Waals surface area contributed by atoms with E-state index in [2.05, 4.69) is 29.6 Å². The Kier molecular flexibility index (Phi) is 18.0. The fourth-order valence-corrected chi connectivity index (χ4v) is 4.49. The molecule has 0 aromatic heterocycles. The van der Waals surface area contributed by atoms with Gasteiger partial charge in [0.05, 0.1) is 79.3 Å². The summed E-state index contributed by atoms with van der Waals surface area (Å²) in [5.41, 5.74) is 4.79. The molecule has 0 unspecified atom stereocenters. The number of benzene rings is 2. The van der Waals surface area contributed by atoms with Crippen LogP contribution in [0.5, 0.6) is 0 Å². The molecule has 0 spiro atoms. The van der Waals surface area contributed by atoms with Crippen LogP contribution in [0.2, 0.25) is 0 Å². The minimum atomic E-state index is -0.998. The van der Waals surface area contributed by atoms with E-state index in [1.165, 1.54) is 22.3 Å². The number of rotatable bonds is 26. The monoisotopic (exact) mass is 619 g/mol. The molecule has 3 rings (SSSR count). The van der Waals surface area contributed by atoms with Crippen LogP contribution in [0, 0.1) is 0 Å². The summed E-state index contributed by atoms with van der Waals surface area (Å²) in [6.07, 6.45) is 0.257. The summed E-state index contributed by atoms with van der Waals surface area (Å²) in [5, 5.41) is 11.2. The maximum atomic E-state index is 12.2. The van der Waals surface area contributed by atoms with Crippen molar-refractivity contribution in [2.24, 2.45) is 0 Å². The van der Waals surface area contributed by atoms with Crippen LogP contribution in [0.4, 0.5) is 4.79 Å². The molecular formula is C32H45NO11. The molecule has 1 amide bonds. The van der Waals surface area contributed by atoms with Crippen molar-refractivity contribution in [3.05, 3.63) is 59.7 Å². The predicted octanol–water partition coefficient (Wildman–Crippen LogP) is 3.12. The van der Waals surface area contributed by atoms with Crippen LogP contribution in [-0.2, 0) is 42.7 Å². The first-order valence-electron chi connectivity index (χ1n) is 15.0. The van der Waals surface area contributed by atoms with E-state index in [1.54, 1.807) is 0 Å². The lowest BCUT2D eigenvalue weighted by Gasteiger charge is -2.14. The summed E-state index contributed by atoms with van der Waals surface area (Å²) >= 11 is 0. The highest BCUT2D eigenvalue weighted by Gasteiger charge is 2.28. The number of nitrogens with one attached hydrogen (secondary N) is 1. The maximum Gasteiger partial charge on any atom is 0.407 e. The Hall–Kier alpha value is -3.10. The fraction of sp³-hybridized carbons (Fsp3) is 0.562. The van der Waals surface area contributed by atoms with Gasteiger partial charge in [0, 0.05) is 19.1 Å². The summed E-state index contributed by atoms with van der Waals surface area (Å²) in [5.74, 6) is -0.951. The summed E-state index contributed by atoms with van der Waals surface area (Å²) in [4.78, 5) is 22.5. The molecule has 0 atom stereocenters. The molecule has 1 aliphatic carbocycles. The number of alkyl carbamates (subject to hydrolysis) is 1. The molecule has 0 aliphatic heterocycles. The molecule has 0 bridgehead atoms. The normalized spacial score (nSPS) is 12.2. The average molecular weight is 620 g/mol. The van der Waals surface area contributed by atoms with Gasteiger partial charge in [0.2, 0.25) is 0 Å². The molecule has 0 heterocycles. The van der Waals surface area contributed by atoms with Gasteiger partial charge in [-0.2, -0.15) is 0 Å². The number of carbonyl (C=O) groups excluding carboxylic acids is 1. The van der Waals surface area contributed by atoms with Crippen LogP contribution >= 0.6 is 0 Å². The number of aliphatic carboxylic acids is 1. The standard InChI is InChI=1S/C32H45NO11/c34-31(35)25-43-23-22-42-21-20-41-19-18-40-17-16-39-15-14-38-13-12-37-11-5-10-33-32(36)44-24-30-28-8-3-1-6-26(28)27-7-2-4-9-29(27)30/h1-4,6-9,30H,5,10-25H2,(H,33,36)(H,34,35). The number of carboxylic acid groups (broad SMARTS) is 1. The first-order chi connectivity index (χ1) is 21.7. The molecule has 2 N–H and O–H groups in total. The highest BCUT2D eigenvalue weighted by Crippen LogP contribution is 2.44. The molecule has 0 saturated heterocycles. The van der Waals surface area contributed by atoms with Gasteiger partial charge < -0.3 is 48.3 Å². The minimum Gasteiger partial charge on any atom is -0.480 e. The maximum absolute atomic E-state index is 12.2. The van der Waals surface area contributed by atoms with Gasteiger partial charge in [-0.25, -0.2) is 9.59 Å². The van der Waals surface area contributed by atoms with E-state index in [4.69, 9.17) is 43.0 Å². The Morgan fingerprint density at radius 3 is 1.45 bits per heavy atom. The first-order valence-corrected chi connectivity index (χ1v) is 15.0. The second-order valence-electron chi connectivity index (χ2n) is 9.73. The molecule has 12 nitrogen and oxygen atoms in total. The van der Waals surface area contributed by atoms with E-state index in [1.807, 2.05) is 24.3 Å². The van der Waals surface area contributed by atoms with Crippen LogP contribution in [0.15, 0.2) is 48.5 Å². The number of fused-ring (bicyclic) bond motifs is 3. The van der Waals surface area contributed by atoms with E-state index in [9.17, 15) is 9.59 Å².